The Morgan fingerprint density at radius 1 is 0.900 bits per heavy atom. The molecule has 0 aliphatic heterocycles. The molecule has 2 heteroatoms. The Kier molecular flexibility index (Phi) is 16.0. The van der Waals surface area contributed by atoms with Gasteiger partial charge >= 0.3 is 0 Å². The molecule has 0 aliphatic carbocycles. The minimum atomic E-state index is 0. The minimum Gasteiger partial charge on any atom is -0.147 e. The molecule has 64 valence electrons. The van der Waals surface area contributed by atoms with E-state index >= 15 is 0 Å². The Morgan fingerprint density at radius 3 is 1.90 bits per heavy atom. The summed E-state index contributed by atoms with van der Waals surface area (Å²) in [5.74, 6) is 0. The predicted octanol–water partition coefficient (Wildman–Crippen LogP) is 2.55. The molecule has 0 saturated heterocycles. The molecule has 0 unspecified atom stereocenters. The standard InChI is InChI=1S/C8H20Si.ClH/c1-2-3-4-5-6-7-8-9;/h2-8H2,1,9H3;1H. The largest absolute Gasteiger partial charge is 0.147 e. The minimum absolute atomic E-state index is 0. The van der Waals surface area contributed by atoms with Crippen LogP contribution in [0.4, 0.5) is 0 Å². The summed E-state index contributed by atoms with van der Waals surface area (Å²) >= 11 is 0. The van der Waals surface area contributed by atoms with Gasteiger partial charge < -0.3 is 0 Å². The second-order valence-electron chi connectivity index (χ2n) is 2.77. The van der Waals surface area contributed by atoms with Crippen molar-refractivity contribution in [2.75, 3.05) is 0 Å². The molecule has 0 radical (unpaired) electrons. The zero-order chi connectivity index (χ0) is 6.95. The molecule has 0 amide bonds. The van der Waals surface area contributed by atoms with Crippen molar-refractivity contribution in [3.05, 3.63) is 0 Å². The van der Waals surface area contributed by atoms with Crippen LogP contribution in [0.3, 0.4) is 0 Å². The lowest BCUT2D eigenvalue weighted by Gasteiger charge is -1.96. The van der Waals surface area contributed by atoms with Crippen LogP contribution in [0.5, 0.6) is 0 Å². The van der Waals surface area contributed by atoms with Gasteiger partial charge in [-0.25, -0.2) is 0 Å². The van der Waals surface area contributed by atoms with Gasteiger partial charge in [0.05, 0.1) is 0 Å². The maximum Gasteiger partial charge on any atom is 0.00279 e. The van der Waals surface area contributed by atoms with Gasteiger partial charge in [-0.1, -0.05) is 51.5 Å². The monoisotopic (exact) mass is 180 g/mol. The van der Waals surface area contributed by atoms with Crippen molar-refractivity contribution in [3.8, 4) is 0 Å². The first-order chi connectivity index (χ1) is 4.41. The smallest absolute Gasteiger partial charge is 0.00279 e. The number of hydrogen-bond donors (Lipinski definition) is 0. The molecule has 0 saturated carbocycles. The van der Waals surface area contributed by atoms with E-state index in [0.29, 0.717) is 0 Å². The Labute approximate surface area is 74.6 Å². The van der Waals surface area contributed by atoms with Crippen molar-refractivity contribution in [1.82, 2.24) is 0 Å². The summed E-state index contributed by atoms with van der Waals surface area (Å²) < 4.78 is 0. The van der Waals surface area contributed by atoms with Gasteiger partial charge in [0.15, 0.2) is 0 Å². The van der Waals surface area contributed by atoms with Gasteiger partial charge in [0.25, 0.3) is 0 Å². The Bertz CT molecular complexity index is 42.5. The molecular weight excluding hydrogens is 160 g/mol. The number of halogens is 1. The lowest BCUT2D eigenvalue weighted by Crippen LogP contribution is -1.77. The number of hydrogen-bond acceptors (Lipinski definition) is 0. The lowest BCUT2D eigenvalue weighted by atomic mass is 10.1. The maximum absolute atomic E-state index is 2.27. The second kappa shape index (κ2) is 12.2. The molecule has 0 nitrogen and oxygen atoms in total. The van der Waals surface area contributed by atoms with E-state index in [1.54, 1.807) is 0 Å². The molecule has 0 aromatic rings. The summed E-state index contributed by atoms with van der Waals surface area (Å²) in [6, 6.07) is 1.51. The molecule has 0 aromatic heterocycles. The summed E-state index contributed by atoms with van der Waals surface area (Å²) in [5.41, 5.74) is 0. The van der Waals surface area contributed by atoms with E-state index in [-0.39, 0.29) is 12.4 Å². The zero-order valence-electron chi connectivity index (χ0n) is 7.36. The van der Waals surface area contributed by atoms with Crippen LogP contribution in [0.2, 0.25) is 6.04 Å². The zero-order valence-corrected chi connectivity index (χ0v) is 10.2. The van der Waals surface area contributed by atoms with Crippen LogP contribution < -0.4 is 0 Å². The highest BCUT2D eigenvalue weighted by Gasteiger charge is 1.85. The summed E-state index contributed by atoms with van der Waals surface area (Å²) in [6.07, 6.45) is 8.76. The molecule has 0 aliphatic rings. The first-order valence-electron chi connectivity index (χ1n) is 4.41. The highest BCUT2D eigenvalue weighted by Crippen LogP contribution is 2.05. The van der Waals surface area contributed by atoms with E-state index in [9.17, 15) is 0 Å². The third kappa shape index (κ3) is 11.3. The van der Waals surface area contributed by atoms with Crippen molar-refractivity contribution < 1.29 is 0 Å². The van der Waals surface area contributed by atoms with Crippen LogP contribution in [0.1, 0.15) is 45.4 Å². The van der Waals surface area contributed by atoms with Crippen LogP contribution in [0.25, 0.3) is 0 Å². The fourth-order valence-electron chi connectivity index (χ4n) is 1.03. The van der Waals surface area contributed by atoms with Crippen molar-refractivity contribution in [2.24, 2.45) is 0 Å². The molecule has 0 bridgehead atoms. The molecular formula is C8H21ClSi. The van der Waals surface area contributed by atoms with Gasteiger partial charge in [0, 0.05) is 10.2 Å². The Balaban J connectivity index is 0. The average molecular weight is 181 g/mol. The Morgan fingerprint density at radius 2 is 1.40 bits per heavy atom. The lowest BCUT2D eigenvalue weighted by molar-refractivity contribution is 0.624. The summed E-state index contributed by atoms with van der Waals surface area (Å²) in [5, 5.41) is 0. The number of unbranched alkanes of at least 4 members (excludes halogenated alkanes) is 5. The quantitative estimate of drug-likeness (QED) is 0.436. The van der Waals surface area contributed by atoms with Crippen LogP contribution in [0, 0.1) is 0 Å². The van der Waals surface area contributed by atoms with Crippen molar-refractivity contribution in [1.29, 1.82) is 0 Å². The van der Waals surface area contributed by atoms with Crippen molar-refractivity contribution in [2.45, 2.75) is 51.5 Å². The van der Waals surface area contributed by atoms with Crippen LogP contribution in [-0.2, 0) is 0 Å². The average Bonchev–Trinajstić information content (AvgIpc) is 1.89. The van der Waals surface area contributed by atoms with E-state index in [1.807, 2.05) is 0 Å². The molecule has 0 atom stereocenters. The van der Waals surface area contributed by atoms with Gasteiger partial charge in [-0.2, -0.15) is 0 Å². The van der Waals surface area contributed by atoms with E-state index in [1.165, 1.54) is 54.8 Å². The number of rotatable bonds is 6. The summed E-state index contributed by atoms with van der Waals surface area (Å²) in [6.45, 7) is 2.27. The van der Waals surface area contributed by atoms with E-state index < -0.39 is 0 Å². The molecule has 0 spiro atoms. The fraction of sp³-hybridized carbons (Fsp3) is 1.00. The van der Waals surface area contributed by atoms with Gasteiger partial charge in [-0.15, -0.1) is 12.4 Å². The highest BCUT2D eigenvalue weighted by atomic mass is 35.5. The van der Waals surface area contributed by atoms with Gasteiger partial charge in [-0.05, 0) is 0 Å². The molecule has 0 rings (SSSR count). The Hall–Kier alpha value is 0.507. The first kappa shape index (κ1) is 13.1. The van der Waals surface area contributed by atoms with Crippen molar-refractivity contribution in [3.63, 3.8) is 0 Å². The fourth-order valence-corrected chi connectivity index (χ4v) is 1.53. The highest BCUT2D eigenvalue weighted by molar-refractivity contribution is 6.08. The summed E-state index contributed by atoms with van der Waals surface area (Å²) in [7, 11) is 1.41. The SMILES string of the molecule is CCCCCCCC[SiH3].Cl. The summed E-state index contributed by atoms with van der Waals surface area (Å²) in [4.78, 5) is 0. The van der Waals surface area contributed by atoms with Crippen LogP contribution in [-0.4, -0.2) is 10.2 Å². The van der Waals surface area contributed by atoms with E-state index in [0.717, 1.165) is 0 Å². The van der Waals surface area contributed by atoms with E-state index in [4.69, 9.17) is 0 Å². The molecule has 0 aromatic carbocycles. The molecule has 0 N–H and O–H groups in total. The first-order valence-corrected chi connectivity index (χ1v) is 5.83. The normalized spacial score (nSPS) is 9.30. The van der Waals surface area contributed by atoms with Gasteiger partial charge in [0.1, 0.15) is 0 Å². The molecule has 10 heavy (non-hydrogen) atoms. The third-order valence-corrected chi connectivity index (χ3v) is 2.41. The third-order valence-electron chi connectivity index (χ3n) is 1.71. The molecule has 0 fully saturated rings. The molecule has 0 heterocycles. The second-order valence-corrected chi connectivity index (χ2v) is 3.77. The van der Waals surface area contributed by atoms with Crippen LogP contribution in [0.15, 0.2) is 0 Å². The maximum atomic E-state index is 2.27. The predicted molar refractivity (Wildman–Crippen MR) is 55.4 cm³/mol. The van der Waals surface area contributed by atoms with Gasteiger partial charge in [0.2, 0.25) is 0 Å². The van der Waals surface area contributed by atoms with Crippen molar-refractivity contribution >= 4 is 22.6 Å². The topological polar surface area (TPSA) is 0 Å². The van der Waals surface area contributed by atoms with Crippen LogP contribution >= 0.6 is 12.4 Å². The van der Waals surface area contributed by atoms with E-state index in [2.05, 4.69) is 6.92 Å². The van der Waals surface area contributed by atoms with Gasteiger partial charge in [-0.3, -0.25) is 0 Å².